The fraction of sp³-hybridized carbons (Fsp3) is 0.0952. The summed E-state index contributed by atoms with van der Waals surface area (Å²) in [6.45, 7) is 0. The lowest BCUT2D eigenvalue weighted by molar-refractivity contribution is 0.356. The summed E-state index contributed by atoms with van der Waals surface area (Å²) in [5.41, 5.74) is 4.26. The first-order valence-corrected chi connectivity index (χ1v) is 8.14. The van der Waals surface area contributed by atoms with E-state index < -0.39 is 0 Å². The van der Waals surface area contributed by atoms with Gasteiger partial charge in [-0.25, -0.2) is 4.98 Å². The summed E-state index contributed by atoms with van der Waals surface area (Å²) in [5, 5.41) is 3.36. The van der Waals surface area contributed by atoms with Gasteiger partial charge in [0.1, 0.15) is 0 Å². The van der Waals surface area contributed by atoms with E-state index in [0.29, 0.717) is 0 Å². The van der Waals surface area contributed by atoms with Gasteiger partial charge in [0.25, 0.3) is 0 Å². The summed E-state index contributed by atoms with van der Waals surface area (Å²) in [6, 6.07) is 16.5. The Hall–Kier alpha value is -3.27. The van der Waals surface area contributed by atoms with Gasteiger partial charge in [0.05, 0.1) is 30.9 Å². The topological polar surface area (TPSA) is 35.8 Å². The molecule has 0 saturated heterocycles. The third-order valence-corrected chi connectivity index (χ3v) is 4.79. The molecule has 122 valence electrons. The van der Waals surface area contributed by atoms with Crippen molar-refractivity contribution in [3.05, 3.63) is 60.9 Å². The van der Waals surface area contributed by atoms with Gasteiger partial charge in [0.2, 0.25) is 0 Å². The van der Waals surface area contributed by atoms with Crippen molar-refractivity contribution >= 4 is 27.2 Å². The number of pyridine rings is 2. The average Bonchev–Trinajstić information content (AvgIpc) is 3.05. The number of nitrogens with zero attached hydrogens (tertiary/aromatic N) is 2. The Kier molecular flexibility index (Phi) is 2.88. The van der Waals surface area contributed by atoms with Crippen LogP contribution in [0.2, 0.25) is 0 Å². The van der Waals surface area contributed by atoms with Crippen LogP contribution in [-0.2, 0) is 0 Å². The van der Waals surface area contributed by atoms with Crippen molar-refractivity contribution in [3.63, 3.8) is 0 Å². The quantitative estimate of drug-likeness (QED) is 0.438. The van der Waals surface area contributed by atoms with E-state index in [2.05, 4.69) is 47.1 Å². The monoisotopic (exact) mass is 328 g/mol. The molecule has 2 aromatic carbocycles. The standard InChI is InChI=1S/C21H16N2O2/c1-24-18-11-13-7-9-23-10-8-15-14-5-3-4-6-17(14)22-20(15)21(23)16(13)12-19(18)25-2/h3-12H,1-2H3. The highest BCUT2D eigenvalue weighted by molar-refractivity contribution is 6.09. The number of ether oxygens (including phenoxy) is 2. The van der Waals surface area contributed by atoms with Crippen LogP contribution in [0.4, 0.5) is 0 Å². The molecule has 3 aromatic rings. The van der Waals surface area contributed by atoms with Gasteiger partial charge in [-0.15, -0.1) is 0 Å². The van der Waals surface area contributed by atoms with Crippen LogP contribution in [0.3, 0.4) is 0 Å². The summed E-state index contributed by atoms with van der Waals surface area (Å²) in [4.78, 5) is 4.90. The smallest absolute Gasteiger partial charge is 0.161 e. The van der Waals surface area contributed by atoms with Crippen LogP contribution in [0.15, 0.2) is 60.9 Å². The highest BCUT2D eigenvalue weighted by Gasteiger charge is 2.17. The maximum Gasteiger partial charge on any atom is 0.161 e. The Morgan fingerprint density at radius 2 is 1.60 bits per heavy atom. The Labute approximate surface area is 144 Å². The zero-order chi connectivity index (χ0) is 17.0. The number of aromatic nitrogens is 2. The van der Waals surface area contributed by atoms with E-state index >= 15 is 0 Å². The lowest BCUT2D eigenvalue weighted by Crippen LogP contribution is -1.96. The summed E-state index contributed by atoms with van der Waals surface area (Å²) in [5.74, 6) is 1.45. The van der Waals surface area contributed by atoms with Gasteiger partial charge in [0, 0.05) is 28.7 Å². The summed E-state index contributed by atoms with van der Waals surface area (Å²) in [6.07, 6.45) is 4.14. The minimum atomic E-state index is 0.719. The fourth-order valence-electron chi connectivity index (χ4n) is 3.60. The van der Waals surface area contributed by atoms with Crippen LogP contribution in [0, 0.1) is 0 Å². The van der Waals surface area contributed by atoms with Crippen molar-refractivity contribution in [3.8, 4) is 22.8 Å². The molecule has 2 aliphatic heterocycles. The number of fused-ring (bicyclic) bond motifs is 7. The number of para-hydroxylation sites is 1. The maximum absolute atomic E-state index is 5.51. The summed E-state index contributed by atoms with van der Waals surface area (Å²) < 4.78 is 13.1. The molecule has 2 aliphatic rings. The van der Waals surface area contributed by atoms with E-state index in [4.69, 9.17) is 14.5 Å². The Morgan fingerprint density at radius 3 is 2.44 bits per heavy atom. The molecule has 0 aliphatic carbocycles. The molecule has 0 N–H and O–H groups in total. The van der Waals surface area contributed by atoms with Gasteiger partial charge in [-0.3, -0.25) is 0 Å². The second-order valence-electron chi connectivity index (χ2n) is 6.07. The molecule has 1 aromatic heterocycles. The molecule has 0 amide bonds. The van der Waals surface area contributed by atoms with Crippen molar-refractivity contribution < 1.29 is 9.47 Å². The zero-order valence-electron chi connectivity index (χ0n) is 14.0. The second kappa shape index (κ2) is 5.11. The van der Waals surface area contributed by atoms with E-state index in [1.165, 1.54) is 5.39 Å². The predicted molar refractivity (Wildman–Crippen MR) is 99.9 cm³/mol. The molecule has 0 bridgehead atoms. The number of hydrogen-bond donors (Lipinski definition) is 0. The molecule has 5 rings (SSSR count). The molecule has 3 heterocycles. The fourth-order valence-corrected chi connectivity index (χ4v) is 3.60. The van der Waals surface area contributed by atoms with E-state index in [9.17, 15) is 0 Å². The molecule has 0 spiro atoms. The molecule has 0 unspecified atom stereocenters. The average molecular weight is 328 g/mol. The normalized spacial score (nSPS) is 11.6. The first-order valence-electron chi connectivity index (χ1n) is 8.14. The van der Waals surface area contributed by atoms with Gasteiger partial charge in [-0.05, 0) is 35.7 Å². The lowest BCUT2D eigenvalue weighted by atomic mass is 10.0. The minimum Gasteiger partial charge on any atom is -0.493 e. The summed E-state index contributed by atoms with van der Waals surface area (Å²) >= 11 is 0. The first-order chi connectivity index (χ1) is 12.3. The van der Waals surface area contributed by atoms with E-state index in [1.807, 2.05) is 18.2 Å². The molecule has 4 heteroatoms. The van der Waals surface area contributed by atoms with Gasteiger partial charge in [-0.1, -0.05) is 18.2 Å². The van der Waals surface area contributed by atoms with Crippen LogP contribution in [-0.4, -0.2) is 23.6 Å². The van der Waals surface area contributed by atoms with Gasteiger partial charge in [0.15, 0.2) is 11.5 Å². The Morgan fingerprint density at radius 1 is 0.840 bits per heavy atom. The molecule has 4 nitrogen and oxygen atoms in total. The Balaban J connectivity index is 1.98. The van der Waals surface area contributed by atoms with E-state index in [1.54, 1.807) is 14.2 Å². The first kappa shape index (κ1) is 14.1. The lowest BCUT2D eigenvalue weighted by Gasteiger charge is -2.13. The third kappa shape index (κ3) is 1.91. The third-order valence-electron chi connectivity index (χ3n) is 4.79. The number of benzene rings is 2. The van der Waals surface area contributed by atoms with E-state index in [-0.39, 0.29) is 0 Å². The van der Waals surface area contributed by atoms with Gasteiger partial charge < -0.3 is 13.9 Å². The highest BCUT2D eigenvalue weighted by Crippen LogP contribution is 2.39. The number of hydrogen-bond acceptors (Lipinski definition) is 3. The predicted octanol–water partition coefficient (Wildman–Crippen LogP) is 4.76. The molecular weight excluding hydrogens is 312 g/mol. The number of methoxy groups -OCH3 is 2. The zero-order valence-corrected chi connectivity index (χ0v) is 14.0. The van der Waals surface area contributed by atoms with Crippen molar-refractivity contribution in [2.45, 2.75) is 0 Å². The Bertz CT molecular complexity index is 1220. The van der Waals surface area contributed by atoms with Gasteiger partial charge >= 0.3 is 0 Å². The van der Waals surface area contributed by atoms with Crippen LogP contribution >= 0.6 is 0 Å². The van der Waals surface area contributed by atoms with Crippen molar-refractivity contribution in [1.82, 2.24) is 9.38 Å². The minimum absolute atomic E-state index is 0.719. The largest absolute Gasteiger partial charge is 0.493 e. The van der Waals surface area contributed by atoms with Gasteiger partial charge in [-0.2, -0.15) is 0 Å². The molecule has 0 saturated carbocycles. The second-order valence-corrected chi connectivity index (χ2v) is 6.07. The molecule has 25 heavy (non-hydrogen) atoms. The SMILES string of the molecule is COc1cc2ccn3ccc4c5ccccc5nc-4c3c2cc1OC. The molecular formula is C21H16N2O2. The maximum atomic E-state index is 5.51. The molecule has 0 atom stereocenters. The van der Waals surface area contributed by atoms with Crippen molar-refractivity contribution in [1.29, 1.82) is 0 Å². The van der Waals surface area contributed by atoms with E-state index in [0.717, 1.165) is 44.6 Å². The summed E-state index contributed by atoms with van der Waals surface area (Å²) in [7, 11) is 3.32. The molecule has 0 fully saturated rings. The van der Waals surface area contributed by atoms with Crippen LogP contribution < -0.4 is 9.47 Å². The van der Waals surface area contributed by atoms with Crippen LogP contribution in [0.5, 0.6) is 11.5 Å². The van der Waals surface area contributed by atoms with Crippen LogP contribution in [0.25, 0.3) is 38.4 Å². The highest BCUT2D eigenvalue weighted by atomic mass is 16.5. The van der Waals surface area contributed by atoms with Crippen molar-refractivity contribution in [2.75, 3.05) is 14.2 Å². The molecule has 0 radical (unpaired) electrons. The number of rotatable bonds is 2. The van der Waals surface area contributed by atoms with Crippen molar-refractivity contribution in [2.24, 2.45) is 0 Å². The van der Waals surface area contributed by atoms with Crippen LogP contribution in [0.1, 0.15) is 0 Å².